The van der Waals surface area contributed by atoms with Gasteiger partial charge in [-0.25, -0.2) is 9.59 Å². The summed E-state index contributed by atoms with van der Waals surface area (Å²) in [6, 6.07) is 9.19. The minimum atomic E-state index is -1.24. The number of hydrogen-bond acceptors (Lipinski definition) is 6. The average molecular weight is 356 g/mol. The quantitative estimate of drug-likeness (QED) is 0.422. The van der Waals surface area contributed by atoms with Crippen molar-refractivity contribution in [3.8, 4) is 5.75 Å². The second kappa shape index (κ2) is 8.75. The highest BCUT2D eigenvalue weighted by Gasteiger charge is 2.13. The van der Waals surface area contributed by atoms with Gasteiger partial charge in [0.25, 0.3) is 0 Å². The third kappa shape index (κ3) is 4.89. The standard InChI is InChI=1S/C19H20N2O5/c1-3-4-9-26-19(25)13-5-7-14(8-6-13)20-21-15-10-12(2)17(22)16(11-15)18(23)24/h5-8,10-11,22H,3-4,9H2,1-2H3,(H,23,24). The summed E-state index contributed by atoms with van der Waals surface area (Å²) in [5.74, 6) is -1.92. The number of esters is 1. The first-order chi connectivity index (χ1) is 12.4. The molecule has 0 aliphatic heterocycles. The highest BCUT2D eigenvalue weighted by atomic mass is 16.5. The molecule has 7 nitrogen and oxygen atoms in total. The first kappa shape index (κ1) is 19.1. The smallest absolute Gasteiger partial charge is 0.339 e. The molecule has 0 atom stereocenters. The summed E-state index contributed by atoms with van der Waals surface area (Å²) >= 11 is 0. The lowest BCUT2D eigenvalue weighted by molar-refractivity contribution is 0.0499. The van der Waals surface area contributed by atoms with Crippen LogP contribution in [0.25, 0.3) is 0 Å². The zero-order valence-corrected chi connectivity index (χ0v) is 14.6. The van der Waals surface area contributed by atoms with Gasteiger partial charge in [-0.2, -0.15) is 10.2 Å². The van der Waals surface area contributed by atoms with Crippen LogP contribution >= 0.6 is 0 Å². The van der Waals surface area contributed by atoms with Crippen LogP contribution in [0.5, 0.6) is 5.75 Å². The Kier molecular flexibility index (Phi) is 6.43. The van der Waals surface area contributed by atoms with E-state index in [2.05, 4.69) is 10.2 Å². The van der Waals surface area contributed by atoms with Gasteiger partial charge in [0, 0.05) is 0 Å². The lowest BCUT2D eigenvalue weighted by atomic mass is 10.1. The van der Waals surface area contributed by atoms with Gasteiger partial charge in [-0.3, -0.25) is 0 Å². The van der Waals surface area contributed by atoms with Crippen LogP contribution in [0.1, 0.15) is 46.0 Å². The van der Waals surface area contributed by atoms with E-state index < -0.39 is 5.97 Å². The molecule has 136 valence electrons. The third-order valence-electron chi connectivity index (χ3n) is 3.63. The van der Waals surface area contributed by atoms with Crippen LogP contribution in [0.3, 0.4) is 0 Å². The summed E-state index contributed by atoms with van der Waals surface area (Å²) in [4.78, 5) is 22.9. The number of hydrogen-bond donors (Lipinski definition) is 2. The number of azo groups is 1. The van der Waals surface area contributed by atoms with Crippen molar-refractivity contribution in [3.63, 3.8) is 0 Å². The molecule has 0 saturated carbocycles. The van der Waals surface area contributed by atoms with Gasteiger partial charge in [0.05, 0.1) is 23.5 Å². The number of rotatable bonds is 7. The van der Waals surface area contributed by atoms with Crippen molar-refractivity contribution in [2.24, 2.45) is 10.2 Å². The van der Waals surface area contributed by atoms with Crippen LogP contribution in [0.2, 0.25) is 0 Å². The second-order valence-electron chi connectivity index (χ2n) is 5.70. The molecule has 0 unspecified atom stereocenters. The number of ether oxygens (including phenoxy) is 1. The Morgan fingerprint density at radius 2 is 1.73 bits per heavy atom. The second-order valence-corrected chi connectivity index (χ2v) is 5.70. The molecule has 0 fully saturated rings. The van der Waals surface area contributed by atoms with E-state index in [1.54, 1.807) is 31.2 Å². The van der Waals surface area contributed by atoms with E-state index in [-0.39, 0.29) is 17.3 Å². The van der Waals surface area contributed by atoms with Gasteiger partial charge in [0.1, 0.15) is 11.3 Å². The van der Waals surface area contributed by atoms with Crippen molar-refractivity contribution in [1.82, 2.24) is 0 Å². The van der Waals surface area contributed by atoms with Crippen molar-refractivity contribution in [2.45, 2.75) is 26.7 Å². The maximum Gasteiger partial charge on any atom is 0.339 e. The van der Waals surface area contributed by atoms with Crippen molar-refractivity contribution < 1.29 is 24.5 Å². The molecule has 2 rings (SSSR count). The molecule has 7 heteroatoms. The van der Waals surface area contributed by atoms with Crippen molar-refractivity contribution in [3.05, 3.63) is 53.1 Å². The molecule has 0 aliphatic rings. The van der Waals surface area contributed by atoms with Crippen LogP contribution in [0, 0.1) is 6.92 Å². The molecule has 0 heterocycles. The molecule has 2 aromatic rings. The van der Waals surface area contributed by atoms with Gasteiger partial charge in [-0.1, -0.05) is 13.3 Å². The molecule has 0 aliphatic carbocycles. The molecule has 0 spiro atoms. The van der Waals surface area contributed by atoms with Gasteiger partial charge in [0.2, 0.25) is 0 Å². The number of phenols is 1. The minimum Gasteiger partial charge on any atom is -0.507 e. The van der Waals surface area contributed by atoms with Crippen molar-refractivity contribution >= 4 is 23.3 Å². The Bertz CT molecular complexity index is 829. The number of carbonyl (C=O) groups excluding carboxylic acids is 1. The molecule has 0 radical (unpaired) electrons. The fraction of sp³-hybridized carbons (Fsp3) is 0.263. The number of aromatic hydroxyl groups is 1. The highest BCUT2D eigenvalue weighted by Crippen LogP contribution is 2.29. The number of carbonyl (C=O) groups is 2. The Hall–Kier alpha value is -3.22. The van der Waals surface area contributed by atoms with Crippen LogP contribution in [0.15, 0.2) is 46.6 Å². The summed E-state index contributed by atoms with van der Waals surface area (Å²) in [5.41, 5.74) is 1.39. The lowest BCUT2D eigenvalue weighted by Crippen LogP contribution is -2.05. The topological polar surface area (TPSA) is 109 Å². The summed E-state index contributed by atoms with van der Waals surface area (Å²) in [6.45, 7) is 3.99. The van der Waals surface area contributed by atoms with Gasteiger partial charge in [-0.05, 0) is 55.3 Å². The molecular weight excluding hydrogens is 336 g/mol. The normalized spacial score (nSPS) is 10.8. The summed E-state index contributed by atoms with van der Waals surface area (Å²) in [6.07, 6.45) is 1.77. The van der Waals surface area contributed by atoms with Gasteiger partial charge in [-0.15, -0.1) is 0 Å². The molecule has 0 aromatic heterocycles. The van der Waals surface area contributed by atoms with Gasteiger partial charge < -0.3 is 14.9 Å². The maximum atomic E-state index is 11.8. The zero-order chi connectivity index (χ0) is 19.1. The molecular formula is C19H20N2O5. The van der Waals surface area contributed by atoms with E-state index in [0.29, 0.717) is 29.1 Å². The summed E-state index contributed by atoms with van der Waals surface area (Å²) in [7, 11) is 0. The number of unbranched alkanes of at least 4 members (excludes halogenated alkanes) is 1. The van der Waals surface area contributed by atoms with Crippen molar-refractivity contribution in [2.75, 3.05) is 6.61 Å². The number of benzene rings is 2. The van der Waals surface area contributed by atoms with Gasteiger partial charge >= 0.3 is 11.9 Å². The summed E-state index contributed by atoms with van der Waals surface area (Å²) < 4.78 is 5.13. The van der Waals surface area contributed by atoms with E-state index in [9.17, 15) is 14.7 Å². The molecule has 0 bridgehead atoms. The maximum absolute atomic E-state index is 11.8. The van der Waals surface area contributed by atoms with E-state index >= 15 is 0 Å². The molecule has 26 heavy (non-hydrogen) atoms. The number of aromatic carboxylic acids is 1. The minimum absolute atomic E-state index is 0.232. The monoisotopic (exact) mass is 356 g/mol. The Balaban J connectivity index is 2.11. The number of carboxylic acids is 1. The molecule has 0 amide bonds. The largest absolute Gasteiger partial charge is 0.507 e. The van der Waals surface area contributed by atoms with E-state index in [1.807, 2.05) is 6.92 Å². The van der Waals surface area contributed by atoms with Crippen molar-refractivity contribution in [1.29, 1.82) is 0 Å². The Morgan fingerprint density at radius 3 is 2.35 bits per heavy atom. The average Bonchev–Trinajstić information content (AvgIpc) is 2.62. The van der Waals surface area contributed by atoms with Crippen LogP contribution in [-0.4, -0.2) is 28.8 Å². The third-order valence-corrected chi connectivity index (χ3v) is 3.63. The predicted octanol–water partition coefficient (Wildman–Crippen LogP) is 4.77. The predicted molar refractivity (Wildman–Crippen MR) is 95.6 cm³/mol. The highest BCUT2D eigenvalue weighted by molar-refractivity contribution is 5.92. The SMILES string of the molecule is CCCCOC(=O)c1ccc(N=Nc2cc(C)c(O)c(C(=O)O)c2)cc1. The number of aryl methyl sites for hydroxylation is 1. The number of carboxylic acid groups (broad SMARTS) is 1. The summed E-state index contributed by atoms with van der Waals surface area (Å²) in [5, 5.41) is 26.8. The van der Waals surface area contributed by atoms with Crippen LogP contribution < -0.4 is 0 Å². The Labute approximate surface area is 151 Å². The number of nitrogens with zero attached hydrogens (tertiary/aromatic N) is 2. The zero-order valence-electron chi connectivity index (χ0n) is 14.6. The molecule has 0 saturated heterocycles. The van der Waals surface area contributed by atoms with Crippen LogP contribution in [-0.2, 0) is 4.74 Å². The first-order valence-electron chi connectivity index (χ1n) is 8.18. The fourth-order valence-corrected chi connectivity index (χ4v) is 2.15. The molecule has 2 aromatic carbocycles. The van der Waals surface area contributed by atoms with Crippen LogP contribution in [0.4, 0.5) is 11.4 Å². The van der Waals surface area contributed by atoms with E-state index in [0.717, 1.165) is 12.8 Å². The first-order valence-corrected chi connectivity index (χ1v) is 8.18. The lowest BCUT2D eigenvalue weighted by Gasteiger charge is -2.05. The Morgan fingerprint density at radius 1 is 1.08 bits per heavy atom. The fourth-order valence-electron chi connectivity index (χ4n) is 2.15. The van der Waals surface area contributed by atoms with E-state index in [1.165, 1.54) is 12.1 Å². The van der Waals surface area contributed by atoms with Gasteiger partial charge in [0.15, 0.2) is 0 Å². The van der Waals surface area contributed by atoms with E-state index in [4.69, 9.17) is 9.84 Å². The molecule has 2 N–H and O–H groups in total.